The molecule has 0 fully saturated rings. The lowest BCUT2D eigenvalue weighted by Crippen LogP contribution is -2.19. The number of benzene rings is 1. The predicted octanol–water partition coefficient (Wildman–Crippen LogP) is 3.15. The molecule has 0 bridgehead atoms. The first-order valence-corrected chi connectivity index (χ1v) is 7.31. The lowest BCUT2D eigenvalue weighted by Gasteiger charge is -2.14. The van der Waals surface area contributed by atoms with E-state index in [9.17, 15) is 4.79 Å². The van der Waals surface area contributed by atoms with Gasteiger partial charge in [0.15, 0.2) is 0 Å². The summed E-state index contributed by atoms with van der Waals surface area (Å²) in [4.78, 5) is 16.5. The van der Waals surface area contributed by atoms with Crippen molar-refractivity contribution in [3.05, 3.63) is 34.9 Å². The van der Waals surface area contributed by atoms with Crippen LogP contribution in [0.15, 0.2) is 18.2 Å². The van der Waals surface area contributed by atoms with Crippen LogP contribution in [0.3, 0.4) is 0 Å². The number of halogens is 1. The zero-order chi connectivity index (χ0) is 16.3. The van der Waals surface area contributed by atoms with E-state index in [1.54, 1.807) is 30.0 Å². The van der Waals surface area contributed by atoms with E-state index in [0.717, 1.165) is 5.82 Å². The Hall–Kier alpha value is -2.08. The normalized spacial score (nSPS) is 12.0. The van der Waals surface area contributed by atoms with Crippen LogP contribution in [0, 0.1) is 13.8 Å². The molecule has 0 saturated heterocycles. The van der Waals surface area contributed by atoms with Gasteiger partial charge in [-0.2, -0.15) is 5.10 Å². The van der Waals surface area contributed by atoms with E-state index in [4.69, 9.17) is 16.3 Å². The van der Waals surface area contributed by atoms with Gasteiger partial charge in [0.2, 0.25) is 5.91 Å². The van der Waals surface area contributed by atoms with E-state index in [2.05, 4.69) is 15.4 Å². The molecule has 1 atom stereocenters. The summed E-state index contributed by atoms with van der Waals surface area (Å²) in [7, 11) is 1.54. The minimum absolute atomic E-state index is 0.0913. The third kappa shape index (κ3) is 3.76. The standard InChI is InChI=1S/C15H19ClN4O2/c1-9(20-11(3)17-10(2)19-20)7-15(21)18-13-8-12(16)5-6-14(13)22-4/h5-6,8-9H,7H2,1-4H3,(H,18,21)/t9-/m0/s1. The first kappa shape index (κ1) is 16.3. The number of methoxy groups -OCH3 is 1. The molecule has 2 rings (SSSR count). The molecule has 1 aromatic heterocycles. The van der Waals surface area contributed by atoms with Crippen molar-refractivity contribution in [2.75, 3.05) is 12.4 Å². The van der Waals surface area contributed by atoms with E-state index in [0.29, 0.717) is 22.3 Å². The van der Waals surface area contributed by atoms with Crippen LogP contribution in [0.4, 0.5) is 5.69 Å². The van der Waals surface area contributed by atoms with Crippen LogP contribution in [-0.4, -0.2) is 27.8 Å². The number of aryl methyl sites for hydroxylation is 2. The van der Waals surface area contributed by atoms with Crippen molar-refractivity contribution >= 4 is 23.2 Å². The molecule has 6 nitrogen and oxygen atoms in total. The Balaban J connectivity index is 2.07. The van der Waals surface area contributed by atoms with E-state index in [1.165, 1.54) is 0 Å². The Morgan fingerprint density at radius 2 is 2.18 bits per heavy atom. The van der Waals surface area contributed by atoms with Crippen molar-refractivity contribution in [2.45, 2.75) is 33.2 Å². The minimum atomic E-state index is -0.138. The Kier molecular flexibility index (Phi) is 5.03. The van der Waals surface area contributed by atoms with Gasteiger partial charge in [0, 0.05) is 11.4 Å². The molecule has 0 saturated carbocycles. The summed E-state index contributed by atoms with van der Waals surface area (Å²) in [5, 5.41) is 7.65. The first-order valence-electron chi connectivity index (χ1n) is 6.94. The molecule has 2 aromatic rings. The van der Waals surface area contributed by atoms with E-state index in [1.807, 2.05) is 20.8 Å². The Morgan fingerprint density at radius 3 is 2.77 bits per heavy atom. The number of hydrogen-bond donors (Lipinski definition) is 1. The van der Waals surface area contributed by atoms with Gasteiger partial charge in [-0.15, -0.1) is 0 Å². The number of nitrogens with one attached hydrogen (secondary N) is 1. The first-order chi connectivity index (χ1) is 10.4. The largest absolute Gasteiger partial charge is 0.495 e. The molecule has 0 radical (unpaired) electrons. The number of ether oxygens (including phenoxy) is 1. The molecule has 118 valence electrons. The van der Waals surface area contributed by atoms with Crippen molar-refractivity contribution in [2.24, 2.45) is 0 Å². The number of carbonyl (C=O) groups is 1. The molecule has 0 unspecified atom stereocenters. The Labute approximate surface area is 134 Å². The van der Waals surface area contributed by atoms with Crippen LogP contribution in [0.2, 0.25) is 5.02 Å². The highest BCUT2D eigenvalue weighted by atomic mass is 35.5. The molecule has 1 N–H and O–H groups in total. The summed E-state index contributed by atoms with van der Waals surface area (Å²) in [6, 6.07) is 4.99. The number of rotatable bonds is 5. The van der Waals surface area contributed by atoms with Gasteiger partial charge < -0.3 is 10.1 Å². The molecule has 1 amide bonds. The molecule has 22 heavy (non-hydrogen) atoms. The molecule has 0 aliphatic heterocycles. The van der Waals surface area contributed by atoms with Gasteiger partial charge in [-0.3, -0.25) is 4.79 Å². The second-order valence-electron chi connectivity index (χ2n) is 5.10. The Bertz CT molecular complexity index is 684. The molecule has 0 aliphatic rings. The van der Waals surface area contributed by atoms with Crippen LogP contribution in [0.1, 0.15) is 31.0 Å². The lowest BCUT2D eigenvalue weighted by molar-refractivity contribution is -0.116. The van der Waals surface area contributed by atoms with Crippen LogP contribution in [-0.2, 0) is 4.79 Å². The highest BCUT2D eigenvalue weighted by Crippen LogP contribution is 2.28. The summed E-state index contributed by atoms with van der Waals surface area (Å²) in [5.74, 6) is 1.92. The highest BCUT2D eigenvalue weighted by molar-refractivity contribution is 6.31. The van der Waals surface area contributed by atoms with Gasteiger partial charge in [0.05, 0.1) is 18.8 Å². The summed E-state index contributed by atoms with van der Waals surface area (Å²) in [5.41, 5.74) is 0.554. The van der Waals surface area contributed by atoms with Crippen LogP contribution in [0.5, 0.6) is 5.75 Å². The van der Waals surface area contributed by atoms with Crippen molar-refractivity contribution in [3.8, 4) is 5.75 Å². The van der Waals surface area contributed by atoms with Gasteiger partial charge >= 0.3 is 0 Å². The van der Waals surface area contributed by atoms with E-state index >= 15 is 0 Å². The fourth-order valence-electron chi connectivity index (χ4n) is 2.29. The molecule has 0 spiro atoms. The average molecular weight is 323 g/mol. The van der Waals surface area contributed by atoms with Gasteiger partial charge in [-0.25, -0.2) is 9.67 Å². The molecular weight excluding hydrogens is 304 g/mol. The SMILES string of the molecule is COc1ccc(Cl)cc1NC(=O)C[C@H](C)n1nc(C)nc1C. The van der Waals surface area contributed by atoms with Crippen molar-refractivity contribution in [1.29, 1.82) is 0 Å². The maximum atomic E-state index is 12.2. The third-order valence-electron chi connectivity index (χ3n) is 3.24. The van der Waals surface area contributed by atoms with E-state index in [-0.39, 0.29) is 18.4 Å². The quantitative estimate of drug-likeness (QED) is 0.918. The minimum Gasteiger partial charge on any atom is -0.495 e. The summed E-state index contributed by atoms with van der Waals surface area (Å²) < 4.78 is 6.97. The number of anilines is 1. The maximum Gasteiger partial charge on any atom is 0.226 e. The molecule has 7 heteroatoms. The number of carbonyl (C=O) groups excluding carboxylic acids is 1. The fraction of sp³-hybridized carbons (Fsp3) is 0.400. The van der Waals surface area contributed by atoms with Crippen molar-refractivity contribution in [3.63, 3.8) is 0 Å². The zero-order valence-corrected chi connectivity index (χ0v) is 13.8. The van der Waals surface area contributed by atoms with Gasteiger partial charge in [-0.05, 0) is 39.0 Å². The number of hydrogen-bond acceptors (Lipinski definition) is 4. The summed E-state index contributed by atoms with van der Waals surface area (Å²) >= 11 is 5.95. The van der Waals surface area contributed by atoms with Crippen LogP contribution in [0.25, 0.3) is 0 Å². The van der Waals surface area contributed by atoms with E-state index < -0.39 is 0 Å². The third-order valence-corrected chi connectivity index (χ3v) is 3.48. The topological polar surface area (TPSA) is 69.0 Å². The summed E-state index contributed by atoms with van der Waals surface area (Å²) in [6.45, 7) is 5.62. The smallest absolute Gasteiger partial charge is 0.226 e. The maximum absolute atomic E-state index is 12.2. The monoisotopic (exact) mass is 322 g/mol. The second kappa shape index (κ2) is 6.79. The average Bonchev–Trinajstić information content (AvgIpc) is 2.78. The van der Waals surface area contributed by atoms with Gasteiger partial charge in [-0.1, -0.05) is 11.6 Å². The van der Waals surface area contributed by atoms with Crippen molar-refractivity contribution in [1.82, 2.24) is 14.8 Å². The lowest BCUT2D eigenvalue weighted by atomic mass is 10.2. The molecular formula is C15H19ClN4O2. The predicted molar refractivity (Wildman–Crippen MR) is 85.5 cm³/mol. The molecule has 0 aliphatic carbocycles. The van der Waals surface area contributed by atoms with Gasteiger partial charge in [0.1, 0.15) is 17.4 Å². The highest BCUT2D eigenvalue weighted by Gasteiger charge is 2.16. The van der Waals surface area contributed by atoms with Gasteiger partial charge in [0.25, 0.3) is 0 Å². The second-order valence-corrected chi connectivity index (χ2v) is 5.53. The number of nitrogens with zero attached hydrogens (tertiary/aromatic N) is 3. The van der Waals surface area contributed by atoms with Crippen LogP contribution >= 0.6 is 11.6 Å². The van der Waals surface area contributed by atoms with Crippen molar-refractivity contribution < 1.29 is 9.53 Å². The molecule has 1 aromatic carbocycles. The summed E-state index contributed by atoms with van der Waals surface area (Å²) in [6.07, 6.45) is 0.277. The molecule has 1 heterocycles. The Morgan fingerprint density at radius 1 is 1.45 bits per heavy atom. The fourth-order valence-corrected chi connectivity index (χ4v) is 2.46. The number of aromatic nitrogens is 3. The zero-order valence-electron chi connectivity index (χ0n) is 13.1. The van der Waals surface area contributed by atoms with Crippen LogP contribution < -0.4 is 10.1 Å². The number of amides is 1.